The summed E-state index contributed by atoms with van der Waals surface area (Å²) in [5, 5.41) is 6.50. The van der Waals surface area contributed by atoms with Gasteiger partial charge in [-0.15, -0.1) is 0 Å². The third kappa shape index (κ3) is 1.76. The number of carbonyl (C=O) groups is 2. The Morgan fingerprint density at radius 3 is 2.42 bits per heavy atom. The number of nitrogens with one attached hydrogen (secondary N) is 1. The number of nitrogens with zero attached hydrogens (tertiary/aromatic N) is 2. The minimum Gasteiger partial charge on any atom is -0.389 e. The van der Waals surface area contributed by atoms with Crippen molar-refractivity contribution in [2.45, 2.75) is 25.7 Å². The summed E-state index contributed by atoms with van der Waals surface area (Å²) in [4.78, 5) is 26.1. The minimum atomic E-state index is -0.191. The van der Waals surface area contributed by atoms with E-state index >= 15 is 0 Å². The number of aromatic nitrogens is 2. The van der Waals surface area contributed by atoms with Crippen LogP contribution in [0.25, 0.3) is 0 Å². The van der Waals surface area contributed by atoms with Gasteiger partial charge in [0.1, 0.15) is 10.8 Å². The Balaban J connectivity index is 2.01. The summed E-state index contributed by atoms with van der Waals surface area (Å²) in [5.41, 5.74) is 6.03. The van der Waals surface area contributed by atoms with E-state index in [0.29, 0.717) is 11.4 Å². The predicted molar refractivity (Wildman–Crippen MR) is 72.4 cm³/mol. The summed E-state index contributed by atoms with van der Waals surface area (Å²) in [5.74, 6) is -0.378. The van der Waals surface area contributed by atoms with Crippen LogP contribution >= 0.6 is 12.2 Å². The van der Waals surface area contributed by atoms with Crippen LogP contribution in [0.5, 0.6) is 0 Å². The monoisotopic (exact) mass is 278 g/mol. The fourth-order valence-electron chi connectivity index (χ4n) is 3.01. The zero-order valence-electron chi connectivity index (χ0n) is 10.3. The SMILES string of the molecule is NC(=S)c1cn[nH]c1N1C(=O)C2CCCCC2C1=O. The van der Waals surface area contributed by atoms with E-state index in [9.17, 15) is 9.59 Å². The molecule has 100 valence electrons. The number of hydrogen-bond donors (Lipinski definition) is 2. The van der Waals surface area contributed by atoms with Gasteiger partial charge in [-0.05, 0) is 12.8 Å². The molecule has 2 aliphatic rings. The molecule has 7 heteroatoms. The van der Waals surface area contributed by atoms with Crippen LogP contribution in [0.3, 0.4) is 0 Å². The molecule has 1 saturated heterocycles. The Morgan fingerprint density at radius 1 is 1.32 bits per heavy atom. The molecule has 3 N–H and O–H groups in total. The fourth-order valence-corrected chi connectivity index (χ4v) is 3.16. The molecular formula is C12H14N4O2S. The lowest BCUT2D eigenvalue weighted by Gasteiger charge is -2.19. The lowest BCUT2D eigenvalue weighted by atomic mass is 9.81. The van der Waals surface area contributed by atoms with Crippen molar-refractivity contribution in [1.29, 1.82) is 0 Å². The standard InChI is InChI=1S/C12H14N4O2S/c13-9(19)8-5-14-15-10(8)16-11(17)6-3-1-2-4-7(6)12(16)18/h5-7H,1-4H2,(H2,13,19)(H,14,15). The van der Waals surface area contributed by atoms with Gasteiger partial charge in [-0.1, -0.05) is 25.1 Å². The van der Waals surface area contributed by atoms with Crippen LogP contribution in [0, 0.1) is 11.8 Å². The van der Waals surface area contributed by atoms with E-state index < -0.39 is 0 Å². The molecule has 0 bridgehead atoms. The molecule has 0 radical (unpaired) electrons. The summed E-state index contributed by atoms with van der Waals surface area (Å²) in [6, 6.07) is 0. The van der Waals surface area contributed by atoms with E-state index in [2.05, 4.69) is 10.2 Å². The van der Waals surface area contributed by atoms with Gasteiger partial charge in [-0.25, -0.2) is 4.90 Å². The normalized spacial score (nSPS) is 26.6. The molecule has 3 rings (SSSR count). The molecule has 1 aliphatic carbocycles. The van der Waals surface area contributed by atoms with Gasteiger partial charge >= 0.3 is 0 Å². The molecule has 0 spiro atoms. The highest BCUT2D eigenvalue weighted by Crippen LogP contribution is 2.40. The molecule has 1 aromatic rings. The van der Waals surface area contributed by atoms with Crippen molar-refractivity contribution >= 4 is 34.8 Å². The van der Waals surface area contributed by atoms with Crippen LogP contribution in [-0.2, 0) is 9.59 Å². The van der Waals surface area contributed by atoms with Crippen molar-refractivity contribution in [2.24, 2.45) is 17.6 Å². The van der Waals surface area contributed by atoms with E-state index in [1.54, 1.807) is 0 Å². The largest absolute Gasteiger partial charge is 0.389 e. The zero-order valence-corrected chi connectivity index (χ0v) is 11.1. The predicted octanol–water partition coefficient (Wildman–Crippen LogP) is 0.723. The average molecular weight is 278 g/mol. The van der Waals surface area contributed by atoms with E-state index in [1.807, 2.05) is 0 Å². The van der Waals surface area contributed by atoms with Crippen LogP contribution < -0.4 is 10.6 Å². The Kier molecular flexibility index (Phi) is 2.85. The molecular weight excluding hydrogens is 264 g/mol. The Hall–Kier alpha value is -1.76. The van der Waals surface area contributed by atoms with Gasteiger partial charge in [0.2, 0.25) is 11.8 Å². The second-order valence-corrected chi connectivity index (χ2v) is 5.45. The van der Waals surface area contributed by atoms with E-state index in [-0.39, 0.29) is 28.6 Å². The third-order valence-electron chi connectivity index (χ3n) is 3.95. The molecule has 2 fully saturated rings. The topological polar surface area (TPSA) is 92.1 Å². The first-order chi connectivity index (χ1) is 9.11. The molecule has 2 heterocycles. The molecule has 1 saturated carbocycles. The molecule has 2 amide bonds. The summed E-state index contributed by atoms with van der Waals surface area (Å²) >= 11 is 4.91. The van der Waals surface area contributed by atoms with Crippen molar-refractivity contribution in [3.8, 4) is 0 Å². The summed E-state index contributed by atoms with van der Waals surface area (Å²) in [6.07, 6.45) is 5.00. The van der Waals surface area contributed by atoms with Crippen molar-refractivity contribution in [1.82, 2.24) is 10.2 Å². The molecule has 2 unspecified atom stereocenters. The second kappa shape index (κ2) is 4.41. The number of rotatable bonds is 2. The van der Waals surface area contributed by atoms with Crippen LogP contribution in [0.15, 0.2) is 6.20 Å². The molecule has 0 aromatic carbocycles. The lowest BCUT2D eigenvalue weighted by Crippen LogP contribution is -2.33. The van der Waals surface area contributed by atoms with Gasteiger partial charge in [0.25, 0.3) is 0 Å². The van der Waals surface area contributed by atoms with Gasteiger partial charge in [-0.2, -0.15) is 5.10 Å². The first-order valence-corrected chi connectivity index (χ1v) is 6.73. The van der Waals surface area contributed by atoms with Crippen LogP contribution in [0.4, 0.5) is 5.82 Å². The molecule has 2 atom stereocenters. The van der Waals surface area contributed by atoms with Gasteiger partial charge in [0.05, 0.1) is 23.6 Å². The van der Waals surface area contributed by atoms with E-state index in [0.717, 1.165) is 25.7 Å². The van der Waals surface area contributed by atoms with Crippen molar-refractivity contribution in [3.05, 3.63) is 11.8 Å². The minimum absolute atomic E-state index is 0.124. The number of thiocarbonyl (C=S) groups is 1. The van der Waals surface area contributed by atoms with E-state index in [1.165, 1.54) is 11.1 Å². The number of aromatic amines is 1. The molecule has 6 nitrogen and oxygen atoms in total. The average Bonchev–Trinajstić information content (AvgIpc) is 2.95. The van der Waals surface area contributed by atoms with E-state index in [4.69, 9.17) is 18.0 Å². The number of H-pyrrole nitrogens is 1. The lowest BCUT2D eigenvalue weighted by molar-refractivity contribution is -0.122. The maximum absolute atomic E-state index is 12.4. The molecule has 1 aliphatic heterocycles. The smallest absolute Gasteiger partial charge is 0.238 e. The van der Waals surface area contributed by atoms with Gasteiger partial charge in [0, 0.05) is 0 Å². The Bertz CT molecular complexity index is 544. The zero-order chi connectivity index (χ0) is 13.6. The number of imide groups is 1. The number of fused-ring (bicyclic) bond motifs is 1. The van der Waals surface area contributed by atoms with Gasteiger partial charge in [-0.3, -0.25) is 14.7 Å². The first kappa shape index (κ1) is 12.3. The first-order valence-electron chi connectivity index (χ1n) is 6.32. The number of hydrogen-bond acceptors (Lipinski definition) is 4. The van der Waals surface area contributed by atoms with Crippen molar-refractivity contribution in [3.63, 3.8) is 0 Å². The highest BCUT2D eigenvalue weighted by atomic mass is 32.1. The highest BCUT2D eigenvalue weighted by Gasteiger charge is 2.49. The maximum atomic E-state index is 12.4. The molecule has 19 heavy (non-hydrogen) atoms. The van der Waals surface area contributed by atoms with Crippen molar-refractivity contribution < 1.29 is 9.59 Å². The van der Waals surface area contributed by atoms with Crippen LogP contribution in [0.1, 0.15) is 31.2 Å². The maximum Gasteiger partial charge on any atom is 0.238 e. The Labute approximate surface area is 115 Å². The second-order valence-electron chi connectivity index (χ2n) is 5.01. The van der Waals surface area contributed by atoms with Gasteiger partial charge in [0.15, 0.2) is 0 Å². The number of carbonyl (C=O) groups excluding carboxylic acids is 2. The van der Waals surface area contributed by atoms with Gasteiger partial charge < -0.3 is 5.73 Å². The highest BCUT2D eigenvalue weighted by molar-refractivity contribution is 7.80. The van der Waals surface area contributed by atoms with Crippen molar-refractivity contribution in [2.75, 3.05) is 4.90 Å². The Morgan fingerprint density at radius 2 is 1.89 bits per heavy atom. The molecule has 1 aromatic heterocycles. The summed E-state index contributed by atoms with van der Waals surface area (Å²) < 4.78 is 0. The van der Waals surface area contributed by atoms with Crippen LogP contribution in [0.2, 0.25) is 0 Å². The van der Waals surface area contributed by atoms with Crippen LogP contribution in [-0.4, -0.2) is 27.0 Å². The number of amides is 2. The summed E-state index contributed by atoms with van der Waals surface area (Å²) in [6.45, 7) is 0. The summed E-state index contributed by atoms with van der Waals surface area (Å²) in [7, 11) is 0. The number of anilines is 1. The quantitative estimate of drug-likeness (QED) is 0.614. The third-order valence-corrected chi connectivity index (χ3v) is 4.17. The number of nitrogens with two attached hydrogens (primary N) is 1. The fraction of sp³-hybridized carbons (Fsp3) is 0.500.